The Morgan fingerprint density at radius 1 is 1.23 bits per heavy atom. The zero-order valence-electron chi connectivity index (χ0n) is 16.5. The first-order chi connectivity index (χ1) is 14.4. The molecule has 1 aliphatic heterocycles. The lowest BCUT2D eigenvalue weighted by atomic mass is 9.88. The molecule has 1 atom stereocenters. The van der Waals surface area contributed by atoms with E-state index in [4.69, 9.17) is 4.74 Å². The quantitative estimate of drug-likeness (QED) is 0.503. The molecule has 0 aliphatic carbocycles. The first kappa shape index (κ1) is 20.5. The summed E-state index contributed by atoms with van der Waals surface area (Å²) in [7, 11) is 0. The van der Waals surface area contributed by atoms with Crippen molar-refractivity contribution in [3.8, 4) is 11.5 Å². The fourth-order valence-corrected chi connectivity index (χ4v) is 4.33. The molecular formula is C22H21F2NO4S. The van der Waals surface area contributed by atoms with Gasteiger partial charge in [-0.15, -0.1) is 8.78 Å². The number of carbonyl (C=O) groups excluding carboxylic acids is 1. The second kappa shape index (κ2) is 8.18. The lowest BCUT2D eigenvalue weighted by Gasteiger charge is -2.17. The van der Waals surface area contributed by atoms with Crippen LogP contribution in [0.2, 0.25) is 0 Å². The van der Waals surface area contributed by atoms with Gasteiger partial charge in [-0.2, -0.15) is 11.8 Å². The predicted molar refractivity (Wildman–Crippen MR) is 111 cm³/mol. The number of ether oxygens (including phenoxy) is 3. The van der Waals surface area contributed by atoms with Crippen molar-refractivity contribution < 1.29 is 27.8 Å². The van der Waals surface area contributed by atoms with Crippen LogP contribution in [0.15, 0.2) is 42.6 Å². The number of carbonyl (C=O) groups is 1. The summed E-state index contributed by atoms with van der Waals surface area (Å²) in [5.41, 5.74) is 3.72. The van der Waals surface area contributed by atoms with Crippen LogP contribution in [-0.2, 0) is 15.3 Å². The number of fused-ring (bicyclic) bond motifs is 2. The van der Waals surface area contributed by atoms with E-state index >= 15 is 0 Å². The standard InChI is InChI=1S/C22H21F2NO4S/c1-3-27-20(26)10-16(13-7-8-18-19(9-13)29-22(23,24)28-18)17-11-25-21-14(12-30-2)5-4-6-15(17)21/h4-9,11,16,25H,3,10,12H2,1-2H3. The van der Waals surface area contributed by atoms with Gasteiger partial charge < -0.3 is 19.2 Å². The smallest absolute Gasteiger partial charge is 0.466 e. The highest BCUT2D eigenvalue weighted by molar-refractivity contribution is 7.97. The predicted octanol–water partition coefficient (Wildman–Crippen LogP) is 5.44. The molecule has 2 heterocycles. The first-order valence-corrected chi connectivity index (χ1v) is 10.9. The largest absolute Gasteiger partial charge is 0.586 e. The molecule has 1 aromatic heterocycles. The minimum atomic E-state index is -3.69. The van der Waals surface area contributed by atoms with Crippen LogP contribution >= 0.6 is 11.8 Å². The topological polar surface area (TPSA) is 60.6 Å². The molecular weight excluding hydrogens is 412 g/mol. The van der Waals surface area contributed by atoms with Crippen molar-refractivity contribution in [1.82, 2.24) is 4.98 Å². The minimum Gasteiger partial charge on any atom is -0.466 e. The van der Waals surface area contributed by atoms with Gasteiger partial charge in [0.1, 0.15) is 0 Å². The Morgan fingerprint density at radius 3 is 2.80 bits per heavy atom. The molecule has 158 valence electrons. The van der Waals surface area contributed by atoms with Gasteiger partial charge in [-0.05, 0) is 42.0 Å². The number of para-hydroxylation sites is 1. The Kier molecular flexibility index (Phi) is 5.60. The molecule has 0 amide bonds. The van der Waals surface area contributed by atoms with Gasteiger partial charge in [0.25, 0.3) is 0 Å². The maximum atomic E-state index is 13.5. The van der Waals surface area contributed by atoms with E-state index in [1.54, 1.807) is 24.8 Å². The minimum absolute atomic E-state index is 0.0279. The van der Waals surface area contributed by atoms with Crippen LogP contribution in [0.25, 0.3) is 10.9 Å². The number of aromatic amines is 1. The van der Waals surface area contributed by atoms with Crippen LogP contribution < -0.4 is 9.47 Å². The number of aromatic nitrogens is 1. The summed E-state index contributed by atoms with van der Waals surface area (Å²) >= 11 is 1.72. The third kappa shape index (κ3) is 3.96. The molecule has 1 unspecified atom stereocenters. The first-order valence-electron chi connectivity index (χ1n) is 9.55. The number of esters is 1. The van der Waals surface area contributed by atoms with Crippen molar-refractivity contribution in [1.29, 1.82) is 0 Å². The molecule has 2 aromatic carbocycles. The SMILES string of the molecule is CCOC(=O)CC(c1ccc2c(c1)OC(F)(F)O2)c1c[nH]c2c(CSC)cccc12. The van der Waals surface area contributed by atoms with Crippen molar-refractivity contribution in [2.45, 2.75) is 31.3 Å². The van der Waals surface area contributed by atoms with Crippen molar-refractivity contribution in [2.75, 3.05) is 12.9 Å². The highest BCUT2D eigenvalue weighted by Crippen LogP contribution is 2.44. The molecule has 1 N–H and O–H groups in total. The Morgan fingerprint density at radius 2 is 2.03 bits per heavy atom. The molecule has 8 heteroatoms. The van der Waals surface area contributed by atoms with Crippen LogP contribution in [0.3, 0.4) is 0 Å². The summed E-state index contributed by atoms with van der Waals surface area (Å²) in [4.78, 5) is 15.7. The van der Waals surface area contributed by atoms with E-state index in [2.05, 4.69) is 20.5 Å². The number of nitrogens with one attached hydrogen (secondary N) is 1. The third-order valence-corrected chi connectivity index (χ3v) is 5.61. The summed E-state index contributed by atoms with van der Waals surface area (Å²) in [6.07, 6.45) is 0.293. The van der Waals surface area contributed by atoms with E-state index in [0.29, 0.717) is 5.56 Å². The number of halogens is 2. The number of H-pyrrole nitrogens is 1. The van der Waals surface area contributed by atoms with E-state index in [1.807, 2.05) is 24.6 Å². The summed E-state index contributed by atoms with van der Waals surface area (Å²) in [5.74, 6) is 0.0125. The molecule has 0 radical (unpaired) electrons. The number of alkyl halides is 2. The fourth-order valence-electron chi connectivity index (χ4n) is 3.78. The zero-order chi connectivity index (χ0) is 21.3. The van der Waals surface area contributed by atoms with Crippen LogP contribution in [0, 0.1) is 0 Å². The Bertz CT molecular complexity index is 1080. The van der Waals surface area contributed by atoms with Crippen LogP contribution in [-0.4, -0.2) is 30.1 Å². The van der Waals surface area contributed by atoms with E-state index < -0.39 is 12.2 Å². The van der Waals surface area contributed by atoms with Gasteiger partial charge in [0.05, 0.1) is 13.0 Å². The highest BCUT2D eigenvalue weighted by atomic mass is 32.2. The van der Waals surface area contributed by atoms with E-state index in [1.165, 1.54) is 12.1 Å². The molecule has 30 heavy (non-hydrogen) atoms. The molecule has 5 nitrogen and oxygen atoms in total. The van der Waals surface area contributed by atoms with Crippen LogP contribution in [0.5, 0.6) is 11.5 Å². The zero-order valence-corrected chi connectivity index (χ0v) is 17.4. The monoisotopic (exact) mass is 433 g/mol. The fraction of sp³-hybridized carbons (Fsp3) is 0.318. The van der Waals surface area contributed by atoms with E-state index in [0.717, 1.165) is 27.8 Å². The number of thioether (sulfide) groups is 1. The average Bonchev–Trinajstić information content (AvgIpc) is 3.26. The van der Waals surface area contributed by atoms with Crippen molar-refractivity contribution in [2.24, 2.45) is 0 Å². The van der Waals surface area contributed by atoms with Gasteiger partial charge in [-0.3, -0.25) is 4.79 Å². The molecule has 1 aliphatic rings. The lowest BCUT2D eigenvalue weighted by molar-refractivity contribution is -0.286. The maximum Gasteiger partial charge on any atom is 0.586 e. The summed E-state index contributed by atoms with van der Waals surface area (Å²) in [6, 6.07) is 10.7. The highest BCUT2D eigenvalue weighted by Gasteiger charge is 2.43. The van der Waals surface area contributed by atoms with Crippen molar-refractivity contribution in [3.63, 3.8) is 0 Å². The number of hydrogen-bond acceptors (Lipinski definition) is 5. The second-order valence-corrected chi connectivity index (χ2v) is 7.82. The third-order valence-electron chi connectivity index (χ3n) is 5.01. The molecule has 0 saturated heterocycles. The average molecular weight is 433 g/mol. The normalized spacial score (nSPS) is 15.3. The van der Waals surface area contributed by atoms with Gasteiger partial charge in [0, 0.05) is 28.8 Å². The van der Waals surface area contributed by atoms with Crippen molar-refractivity contribution in [3.05, 3.63) is 59.3 Å². The summed E-state index contributed by atoms with van der Waals surface area (Å²) in [5, 5.41) is 0.985. The Hall–Kier alpha value is -2.74. The number of hydrogen-bond donors (Lipinski definition) is 1. The van der Waals surface area contributed by atoms with Gasteiger partial charge >= 0.3 is 12.3 Å². The summed E-state index contributed by atoms with van der Waals surface area (Å²) in [6.45, 7) is 2.01. The van der Waals surface area contributed by atoms with Crippen LogP contribution in [0.4, 0.5) is 8.78 Å². The molecule has 0 spiro atoms. The van der Waals surface area contributed by atoms with E-state index in [-0.39, 0.29) is 30.5 Å². The van der Waals surface area contributed by atoms with Crippen LogP contribution in [0.1, 0.15) is 36.0 Å². The molecule has 3 aromatic rings. The van der Waals surface area contributed by atoms with Gasteiger partial charge in [-0.25, -0.2) is 0 Å². The molecule has 4 rings (SSSR count). The summed E-state index contributed by atoms with van der Waals surface area (Å²) < 4.78 is 41.2. The maximum absolute atomic E-state index is 13.5. The molecule has 0 saturated carbocycles. The molecule has 0 bridgehead atoms. The lowest BCUT2D eigenvalue weighted by Crippen LogP contribution is -2.25. The Balaban J connectivity index is 1.78. The Labute approximate surface area is 176 Å². The van der Waals surface area contributed by atoms with E-state index in [9.17, 15) is 13.6 Å². The number of benzene rings is 2. The molecule has 0 fully saturated rings. The number of rotatable bonds is 7. The van der Waals surface area contributed by atoms with Gasteiger partial charge in [0.2, 0.25) is 0 Å². The van der Waals surface area contributed by atoms with Crippen molar-refractivity contribution >= 4 is 28.6 Å². The van der Waals surface area contributed by atoms with Gasteiger partial charge in [-0.1, -0.05) is 24.3 Å². The second-order valence-electron chi connectivity index (χ2n) is 6.95. The van der Waals surface area contributed by atoms with Gasteiger partial charge in [0.15, 0.2) is 11.5 Å².